The molecule has 25 heavy (non-hydrogen) atoms. The summed E-state index contributed by atoms with van der Waals surface area (Å²) >= 11 is 0. The van der Waals surface area contributed by atoms with Crippen LogP contribution in [0.1, 0.15) is 24.2 Å². The van der Waals surface area contributed by atoms with E-state index in [0.29, 0.717) is 5.69 Å². The molecule has 132 valence electrons. The third kappa shape index (κ3) is 4.45. The highest BCUT2D eigenvalue weighted by atomic mass is 32.2. The van der Waals surface area contributed by atoms with E-state index in [1.165, 1.54) is 35.5 Å². The normalized spacial score (nSPS) is 11.0. The zero-order valence-corrected chi connectivity index (χ0v) is 14.8. The van der Waals surface area contributed by atoms with E-state index in [-0.39, 0.29) is 29.4 Å². The monoisotopic (exact) mass is 361 g/mol. The summed E-state index contributed by atoms with van der Waals surface area (Å²) in [7, 11) is -3.83. The van der Waals surface area contributed by atoms with E-state index < -0.39 is 16.0 Å². The predicted molar refractivity (Wildman–Crippen MR) is 94.1 cm³/mol. The van der Waals surface area contributed by atoms with Gasteiger partial charge in [-0.05, 0) is 44.2 Å². The van der Waals surface area contributed by atoms with E-state index in [1.54, 1.807) is 37.3 Å². The largest absolute Gasteiger partial charge is 0.454 e. The summed E-state index contributed by atoms with van der Waals surface area (Å²) in [6.07, 6.45) is 0. The van der Waals surface area contributed by atoms with Crippen LogP contribution in [-0.2, 0) is 19.6 Å². The molecular weight excluding hydrogens is 342 g/mol. The number of ether oxygens (including phenoxy) is 1. The molecule has 0 aliphatic carbocycles. The lowest BCUT2D eigenvalue weighted by atomic mass is 10.2. The maximum Gasteiger partial charge on any atom is 0.338 e. The van der Waals surface area contributed by atoms with Crippen molar-refractivity contribution in [2.45, 2.75) is 18.7 Å². The van der Waals surface area contributed by atoms with Gasteiger partial charge in [-0.15, -0.1) is 0 Å². The van der Waals surface area contributed by atoms with Gasteiger partial charge in [-0.25, -0.2) is 13.2 Å². The third-order valence-electron chi connectivity index (χ3n) is 3.40. The first-order valence-electron chi connectivity index (χ1n) is 7.70. The Balaban J connectivity index is 2.35. The van der Waals surface area contributed by atoms with E-state index in [2.05, 4.69) is 0 Å². The summed E-state index contributed by atoms with van der Waals surface area (Å²) in [6.45, 7) is 2.93. The van der Waals surface area contributed by atoms with Crippen molar-refractivity contribution in [2.75, 3.05) is 17.5 Å². The number of rotatable bonds is 7. The molecular formula is C18H19NO5S. The lowest BCUT2D eigenvalue weighted by molar-refractivity contribution is -0.120. The van der Waals surface area contributed by atoms with Crippen LogP contribution in [0.3, 0.4) is 0 Å². The smallest absolute Gasteiger partial charge is 0.338 e. The number of anilines is 1. The number of esters is 1. The highest BCUT2D eigenvalue weighted by Crippen LogP contribution is 2.24. The maximum atomic E-state index is 12.9. The quantitative estimate of drug-likeness (QED) is 0.708. The number of carbonyl (C=O) groups is 2. The average Bonchev–Trinajstić information content (AvgIpc) is 2.61. The standard InChI is InChI=1S/C18H19NO5S/c1-3-19(16-9-5-4-6-10-16)25(22,23)17-11-7-8-15(12-17)18(21)24-13-14(2)20/h4-12H,3,13H2,1-2H3. The molecule has 0 amide bonds. The molecule has 0 unspecified atom stereocenters. The van der Waals surface area contributed by atoms with Crippen molar-refractivity contribution >= 4 is 27.5 Å². The second-order valence-corrected chi connectivity index (χ2v) is 7.17. The van der Waals surface area contributed by atoms with Crippen molar-refractivity contribution in [3.63, 3.8) is 0 Å². The molecule has 2 aromatic rings. The fourth-order valence-electron chi connectivity index (χ4n) is 2.25. The molecule has 7 heteroatoms. The number of hydrogen-bond donors (Lipinski definition) is 0. The fourth-order valence-corrected chi connectivity index (χ4v) is 3.77. The van der Waals surface area contributed by atoms with Crippen LogP contribution in [0.25, 0.3) is 0 Å². The molecule has 2 rings (SSSR count). The van der Waals surface area contributed by atoms with Gasteiger partial charge < -0.3 is 4.74 Å². The van der Waals surface area contributed by atoms with Gasteiger partial charge in [0.2, 0.25) is 0 Å². The SMILES string of the molecule is CCN(c1ccccc1)S(=O)(=O)c1cccc(C(=O)OCC(C)=O)c1. The van der Waals surface area contributed by atoms with Crippen LogP contribution in [0.15, 0.2) is 59.5 Å². The number of benzene rings is 2. The molecule has 0 spiro atoms. The first-order valence-corrected chi connectivity index (χ1v) is 9.14. The Hall–Kier alpha value is -2.67. The molecule has 0 atom stereocenters. The number of para-hydroxylation sites is 1. The number of Topliss-reactive ketones (excluding diaryl/α,β-unsaturated/α-hetero) is 1. The Morgan fingerprint density at radius 2 is 1.72 bits per heavy atom. The van der Waals surface area contributed by atoms with Crippen LogP contribution in [0.4, 0.5) is 5.69 Å². The van der Waals surface area contributed by atoms with Crippen LogP contribution >= 0.6 is 0 Å². The highest BCUT2D eigenvalue weighted by molar-refractivity contribution is 7.92. The maximum absolute atomic E-state index is 12.9. The van der Waals surface area contributed by atoms with E-state index in [1.807, 2.05) is 0 Å². The number of nitrogens with zero attached hydrogens (tertiary/aromatic N) is 1. The first kappa shape index (κ1) is 18.7. The van der Waals surface area contributed by atoms with Crippen molar-refractivity contribution < 1.29 is 22.7 Å². The summed E-state index contributed by atoms with van der Waals surface area (Å²) in [5.41, 5.74) is 0.612. The van der Waals surface area contributed by atoms with Crippen LogP contribution < -0.4 is 4.31 Å². The Labute approximate surface area is 147 Å². The molecule has 0 saturated carbocycles. The zero-order valence-electron chi connectivity index (χ0n) is 14.0. The first-order chi connectivity index (χ1) is 11.9. The molecule has 0 radical (unpaired) electrons. The molecule has 0 aliphatic rings. The van der Waals surface area contributed by atoms with E-state index in [9.17, 15) is 18.0 Å². The van der Waals surface area contributed by atoms with Crippen molar-refractivity contribution in [1.29, 1.82) is 0 Å². The Morgan fingerprint density at radius 1 is 1.04 bits per heavy atom. The van der Waals surface area contributed by atoms with Gasteiger partial charge in [0, 0.05) is 6.54 Å². The van der Waals surface area contributed by atoms with Crippen LogP contribution in [-0.4, -0.2) is 33.3 Å². The van der Waals surface area contributed by atoms with Gasteiger partial charge in [0.15, 0.2) is 5.78 Å². The van der Waals surface area contributed by atoms with Gasteiger partial charge in [0.25, 0.3) is 10.0 Å². The van der Waals surface area contributed by atoms with Crippen molar-refractivity contribution in [3.05, 3.63) is 60.2 Å². The van der Waals surface area contributed by atoms with Gasteiger partial charge in [-0.1, -0.05) is 24.3 Å². The summed E-state index contributed by atoms with van der Waals surface area (Å²) in [6, 6.07) is 14.3. The molecule has 0 fully saturated rings. The Kier molecular flexibility index (Phi) is 5.93. The Bertz CT molecular complexity index is 862. The fraction of sp³-hybridized carbons (Fsp3) is 0.222. The summed E-state index contributed by atoms with van der Waals surface area (Å²) < 4.78 is 31.9. The average molecular weight is 361 g/mol. The molecule has 0 bridgehead atoms. The lowest BCUT2D eigenvalue weighted by Crippen LogP contribution is -2.30. The van der Waals surface area contributed by atoms with Crippen molar-refractivity contribution in [3.8, 4) is 0 Å². The molecule has 0 aliphatic heterocycles. The summed E-state index contributed by atoms with van der Waals surface area (Å²) in [5, 5.41) is 0. The number of sulfonamides is 1. The molecule has 0 saturated heterocycles. The lowest BCUT2D eigenvalue weighted by Gasteiger charge is -2.23. The van der Waals surface area contributed by atoms with Crippen molar-refractivity contribution in [1.82, 2.24) is 0 Å². The second-order valence-electron chi connectivity index (χ2n) is 5.31. The molecule has 0 heterocycles. The minimum absolute atomic E-state index is 0.0181. The second kappa shape index (κ2) is 7.94. The van der Waals surface area contributed by atoms with Crippen LogP contribution in [0, 0.1) is 0 Å². The zero-order chi connectivity index (χ0) is 18.4. The number of ketones is 1. The molecule has 2 aromatic carbocycles. The van der Waals surface area contributed by atoms with Crippen LogP contribution in [0.2, 0.25) is 0 Å². The molecule has 0 aromatic heterocycles. The minimum atomic E-state index is -3.83. The predicted octanol–water partition coefficient (Wildman–Crippen LogP) is 2.65. The summed E-state index contributed by atoms with van der Waals surface area (Å²) in [5.74, 6) is -1.03. The number of carbonyl (C=O) groups excluding carboxylic acids is 2. The highest BCUT2D eigenvalue weighted by Gasteiger charge is 2.24. The van der Waals surface area contributed by atoms with Crippen LogP contribution in [0.5, 0.6) is 0 Å². The summed E-state index contributed by atoms with van der Waals surface area (Å²) in [4.78, 5) is 22.8. The molecule has 6 nitrogen and oxygen atoms in total. The van der Waals surface area contributed by atoms with E-state index in [4.69, 9.17) is 4.74 Å². The van der Waals surface area contributed by atoms with Gasteiger partial charge in [-0.3, -0.25) is 9.10 Å². The van der Waals surface area contributed by atoms with E-state index >= 15 is 0 Å². The van der Waals surface area contributed by atoms with Gasteiger partial charge in [0.05, 0.1) is 16.1 Å². The third-order valence-corrected chi connectivity index (χ3v) is 5.29. The minimum Gasteiger partial charge on any atom is -0.454 e. The number of hydrogen-bond acceptors (Lipinski definition) is 5. The van der Waals surface area contributed by atoms with Gasteiger partial charge >= 0.3 is 5.97 Å². The van der Waals surface area contributed by atoms with Crippen molar-refractivity contribution in [2.24, 2.45) is 0 Å². The van der Waals surface area contributed by atoms with Gasteiger partial charge in [0.1, 0.15) is 6.61 Å². The van der Waals surface area contributed by atoms with Gasteiger partial charge in [-0.2, -0.15) is 0 Å². The topological polar surface area (TPSA) is 80.8 Å². The molecule has 0 N–H and O–H groups in total. The van der Waals surface area contributed by atoms with E-state index in [0.717, 1.165) is 0 Å². The Morgan fingerprint density at radius 3 is 2.32 bits per heavy atom.